The molecule has 1 aliphatic heterocycles. The highest BCUT2D eigenvalue weighted by atomic mass is 19.1. The van der Waals surface area contributed by atoms with Crippen LogP contribution in [0, 0.1) is 12.4 Å². The number of hydrogen-bond donors (Lipinski definition) is 1. The topological polar surface area (TPSA) is 69.7 Å². The number of aromatic nitrogens is 2. The maximum Gasteiger partial charge on any atom is 0.257 e. The van der Waals surface area contributed by atoms with Crippen LogP contribution in [0.2, 0.25) is 0 Å². The Hall–Kier alpha value is -3.86. The minimum absolute atomic E-state index is 0.0309. The van der Waals surface area contributed by atoms with E-state index < -0.39 is 17.3 Å². The van der Waals surface area contributed by atoms with Crippen molar-refractivity contribution in [1.29, 1.82) is 0 Å². The Morgan fingerprint density at radius 3 is 2.77 bits per heavy atom. The monoisotopic (exact) mass is 406 g/mol. The zero-order valence-corrected chi connectivity index (χ0v) is 16.7. The van der Waals surface area contributed by atoms with Gasteiger partial charge in [0, 0.05) is 36.9 Å². The first-order valence-corrected chi connectivity index (χ1v) is 9.26. The molecule has 1 N–H and O–H groups in total. The van der Waals surface area contributed by atoms with E-state index in [0.717, 1.165) is 11.6 Å². The number of halogens is 1. The number of nitrogens with one attached hydrogen (secondary N) is 1. The second kappa shape index (κ2) is 7.19. The van der Waals surface area contributed by atoms with Crippen LogP contribution in [0.15, 0.2) is 42.6 Å². The van der Waals surface area contributed by atoms with E-state index in [0.29, 0.717) is 29.3 Å². The highest BCUT2D eigenvalue weighted by Crippen LogP contribution is 2.43. The van der Waals surface area contributed by atoms with Gasteiger partial charge < -0.3 is 14.8 Å². The van der Waals surface area contributed by atoms with Crippen LogP contribution in [0.1, 0.15) is 29.8 Å². The van der Waals surface area contributed by atoms with Crippen molar-refractivity contribution < 1.29 is 18.7 Å². The Morgan fingerprint density at radius 2 is 2.10 bits per heavy atom. The summed E-state index contributed by atoms with van der Waals surface area (Å²) < 4.78 is 27.8. The molecule has 7 nitrogen and oxygen atoms in total. The molecule has 0 atom stereocenters. The first-order chi connectivity index (χ1) is 14.2. The van der Waals surface area contributed by atoms with Crippen LogP contribution in [-0.4, -0.2) is 21.3 Å². The van der Waals surface area contributed by atoms with E-state index in [1.54, 1.807) is 36.1 Å². The van der Waals surface area contributed by atoms with E-state index in [9.17, 15) is 9.18 Å². The molecule has 0 aliphatic carbocycles. The van der Waals surface area contributed by atoms with E-state index in [1.807, 2.05) is 13.8 Å². The summed E-state index contributed by atoms with van der Waals surface area (Å²) in [7, 11) is 1.75. The number of benzene rings is 2. The maximum absolute atomic E-state index is 14.4. The number of hydrogen-bond acceptors (Lipinski definition) is 4. The van der Waals surface area contributed by atoms with Crippen LogP contribution in [0.4, 0.5) is 15.9 Å². The molecule has 0 saturated carbocycles. The summed E-state index contributed by atoms with van der Waals surface area (Å²) in [5.74, 6) is 0.182. The predicted octanol–water partition coefficient (Wildman–Crippen LogP) is 4.87. The Balaban J connectivity index is 1.70. The summed E-state index contributed by atoms with van der Waals surface area (Å²) in [6.07, 6.45) is 2.26. The van der Waals surface area contributed by atoms with Gasteiger partial charge in [0.1, 0.15) is 17.1 Å². The van der Waals surface area contributed by atoms with Gasteiger partial charge >= 0.3 is 0 Å². The SMILES string of the molecule is [C-]#[N+]c1ccc(Oc2cc(C(=O)Nc3ccn(C)n3)cc3c2CC(C)(C)O3)c(F)c1. The van der Waals surface area contributed by atoms with Gasteiger partial charge in [0.2, 0.25) is 0 Å². The van der Waals surface area contributed by atoms with Crippen LogP contribution in [0.5, 0.6) is 17.2 Å². The smallest absolute Gasteiger partial charge is 0.257 e. The van der Waals surface area contributed by atoms with Crippen LogP contribution >= 0.6 is 0 Å². The van der Waals surface area contributed by atoms with Gasteiger partial charge in [-0.05, 0) is 38.1 Å². The van der Waals surface area contributed by atoms with E-state index in [-0.39, 0.29) is 11.4 Å². The first kappa shape index (κ1) is 19.5. The molecule has 3 aromatic rings. The first-order valence-electron chi connectivity index (χ1n) is 9.26. The standard InChI is InChI=1S/C22H19FN4O3/c1-22(2)12-15-18(29-17-6-5-14(24-3)11-16(17)23)9-13(10-19(15)30-22)21(28)25-20-7-8-27(4)26-20/h5-11H,12H2,1-2,4H3,(H,25,26,28). The van der Waals surface area contributed by atoms with Gasteiger partial charge in [0.25, 0.3) is 5.91 Å². The number of amides is 1. The Morgan fingerprint density at radius 1 is 1.30 bits per heavy atom. The van der Waals surface area contributed by atoms with Crippen molar-refractivity contribution in [3.63, 3.8) is 0 Å². The van der Waals surface area contributed by atoms with Crippen molar-refractivity contribution in [3.05, 3.63) is 71.0 Å². The fourth-order valence-corrected chi connectivity index (χ4v) is 3.30. The largest absolute Gasteiger partial charge is 0.487 e. The van der Waals surface area contributed by atoms with Gasteiger partial charge in [-0.25, -0.2) is 9.24 Å². The maximum atomic E-state index is 14.4. The summed E-state index contributed by atoms with van der Waals surface area (Å²) in [5, 5.41) is 6.86. The van der Waals surface area contributed by atoms with Crippen LogP contribution in [0.25, 0.3) is 4.85 Å². The third-order valence-electron chi connectivity index (χ3n) is 4.64. The molecule has 0 spiro atoms. The predicted molar refractivity (Wildman–Crippen MR) is 109 cm³/mol. The lowest BCUT2D eigenvalue weighted by Gasteiger charge is -2.16. The molecule has 1 aliphatic rings. The molecule has 1 amide bonds. The minimum Gasteiger partial charge on any atom is -0.487 e. The highest BCUT2D eigenvalue weighted by molar-refractivity contribution is 6.04. The number of rotatable bonds is 4. The fraction of sp³-hybridized carbons (Fsp3) is 0.227. The quantitative estimate of drug-likeness (QED) is 0.628. The average molecular weight is 406 g/mol. The molecule has 1 aromatic heterocycles. The van der Waals surface area contributed by atoms with Crippen molar-refractivity contribution in [3.8, 4) is 17.2 Å². The Bertz CT molecular complexity index is 1190. The van der Waals surface area contributed by atoms with Crippen molar-refractivity contribution >= 4 is 17.4 Å². The zero-order chi connectivity index (χ0) is 21.5. The number of ether oxygens (including phenoxy) is 2. The fourth-order valence-electron chi connectivity index (χ4n) is 3.30. The number of fused-ring (bicyclic) bond motifs is 1. The number of aryl methyl sites for hydroxylation is 1. The molecule has 8 heteroatoms. The van der Waals surface area contributed by atoms with Crippen LogP contribution in [0.3, 0.4) is 0 Å². The Labute approximate surface area is 172 Å². The summed E-state index contributed by atoms with van der Waals surface area (Å²) in [6, 6.07) is 8.87. The molecule has 0 fully saturated rings. The second-order valence-corrected chi connectivity index (χ2v) is 7.65. The molecular weight excluding hydrogens is 387 g/mol. The molecule has 0 bridgehead atoms. The van der Waals surface area contributed by atoms with E-state index in [4.69, 9.17) is 16.0 Å². The molecular formula is C22H19FN4O3. The average Bonchev–Trinajstić information content (AvgIpc) is 3.23. The summed E-state index contributed by atoms with van der Waals surface area (Å²) in [5.41, 5.74) is 0.745. The van der Waals surface area contributed by atoms with Gasteiger partial charge in [-0.1, -0.05) is 6.07 Å². The van der Waals surface area contributed by atoms with Crippen molar-refractivity contribution in [2.75, 3.05) is 5.32 Å². The minimum atomic E-state index is -0.654. The normalized spacial score (nSPS) is 13.8. The molecule has 2 heterocycles. The van der Waals surface area contributed by atoms with E-state index in [2.05, 4.69) is 15.3 Å². The summed E-state index contributed by atoms with van der Waals surface area (Å²) in [6.45, 7) is 10.8. The Kier molecular flexibility index (Phi) is 4.66. The summed E-state index contributed by atoms with van der Waals surface area (Å²) in [4.78, 5) is 16.0. The van der Waals surface area contributed by atoms with E-state index >= 15 is 0 Å². The van der Waals surface area contributed by atoms with Crippen LogP contribution in [-0.2, 0) is 13.5 Å². The van der Waals surface area contributed by atoms with Gasteiger partial charge in [-0.2, -0.15) is 5.10 Å². The number of carbonyl (C=O) groups excluding carboxylic acids is 1. The lowest BCUT2D eigenvalue weighted by atomic mass is 9.99. The lowest BCUT2D eigenvalue weighted by molar-refractivity contribution is 0.102. The molecule has 30 heavy (non-hydrogen) atoms. The lowest BCUT2D eigenvalue weighted by Crippen LogP contribution is -2.24. The molecule has 4 rings (SSSR count). The second-order valence-electron chi connectivity index (χ2n) is 7.65. The molecule has 0 saturated heterocycles. The third kappa shape index (κ3) is 3.82. The number of carbonyl (C=O) groups is 1. The molecule has 2 aromatic carbocycles. The summed E-state index contributed by atoms with van der Waals surface area (Å²) >= 11 is 0. The van der Waals surface area contributed by atoms with Crippen LogP contribution < -0.4 is 14.8 Å². The van der Waals surface area contributed by atoms with Crippen molar-refractivity contribution in [2.45, 2.75) is 25.9 Å². The highest BCUT2D eigenvalue weighted by Gasteiger charge is 2.34. The van der Waals surface area contributed by atoms with Gasteiger partial charge in [-0.15, -0.1) is 0 Å². The van der Waals surface area contributed by atoms with Crippen molar-refractivity contribution in [2.24, 2.45) is 7.05 Å². The molecule has 0 unspecified atom stereocenters. The van der Waals surface area contributed by atoms with Crippen molar-refractivity contribution in [1.82, 2.24) is 9.78 Å². The van der Waals surface area contributed by atoms with Gasteiger partial charge in [-0.3, -0.25) is 9.48 Å². The van der Waals surface area contributed by atoms with Gasteiger partial charge in [0.05, 0.1) is 6.57 Å². The molecule has 152 valence electrons. The number of nitrogens with zero attached hydrogens (tertiary/aromatic N) is 3. The van der Waals surface area contributed by atoms with E-state index in [1.165, 1.54) is 12.1 Å². The zero-order valence-electron chi connectivity index (χ0n) is 16.7. The van der Waals surface area contributed by atoms with Gasteiger partial charge in [0.15, 0.2) is 23.1 Å². The molecule has 0 radical (unpaired) electrons. The number of anilines is 1. The third-order valence-corrected chi connectivity index (χ3v) is 4.64.